The van der Waals surface area contributed by atoms with Crippen LogP contribution in [0.25, 0.3) is 10.9 Å². The lowest BCUT2D eigenvalue weighted by molar-refractivity contribution is -0.128. The zero-order valence-electron chi connectivity index (χ0n) is 22.2. The molecule has 3 aromatic rings. The number of para-hydroxylation sites is 1. The number of aromatic nitrogens is 2. The largest absolute Gasteiger partial charge is 0.474 e. The van der Waals surface area contributed by atoms with Crippen molar-refractivity contribution in [2.75, 3.05) is 5.32 Å². The monoisotopic (exact) mass is 522 g/mol. The minimum atomic E-state index is -0.501. The third-order valence-corrected chi connectivity index (χ3v) is 7.18. The van der Waals surface area contributed by atoms with Gasteiger partial charge in [-0.3, -0.25) is 9.59 Å². The molecule has 0 saturated heterocycles. The van der Waals surface area contributed by atoms with Crippen LogP contribution in [-0.4, -0.2) is 27.9 Å². The van der Waals surface area contributed by atoms with Crippen LogP contribution in [-0.2, 0) is 11.3 Å². The fourth-order valence-electron chi connectivity index (χ4n) is 4.40. The van der Waals surface area contributed by atoms with Crippen molar-refractivity contribution in [1.29, 1.82) is 0 Å². The molecule has 2 amide bonds. The molecule has 0 spiro atoms. The van der Waals surface area contributed by atoms with Crippen molar-refractivity contribution in [3.63, 3.8) is 0 Å². The summed E-state index contributed by atoms with van der Waals surface area (Å²) in [6.07, 6.45) is 5.78. The summed E-state index contributed by atoms with van der Waals surface area (Å²) in [5.41, 5.74) is 2.08. The van der Waals surface area contributed by atoms with E-state index in [1.54, 1.807) is 24.3 Å². The first-order chi connectivity index (χ1) is 17.4. The predicted octanol–water partition coefficient (Wildman–Crippen LogP) is 6.55. The van der Waals surface area contributed by atoms with Crippen LogP contribution < -0.4 is 15.4 Å². The van der Waals surface area contributed by atoms with Crippen molar-refractivity contribution in [1.82, 2.24) is 15.3 Å². The van der Waals surface area contributed by atoms with E-state index < -0.39 is 5.41 Å². The summed E-state index contributed by atoms with van der Waals surface area (Å²) >= 11 is 6.37. The zero-order chi connectivity index (χ0) is 26.8. The van der Waals surface area contributed by atoms with Gasteiger partial charge in [-0.2, -0.15) is 0 Å². The van der Waals surface area contributed by atoms with Crippen molar-refractivity contribution in [3.05, 3.63) is 58.9 Å². The van der Waals surface area contributed by atoms with Crippen LogP contribution in [0.4, 0.5) is 5.69 Å². The Hall–Kier alpha value is -3.19. The van der Waals surface area contributed by atoms with E-state index in [1.807, 2.05) is 32.9 Å². The molecule has 1 saturated carbocycles. The molecule has 196 valence electrons. The molecule has 8 heteroatoms. The number of rotatable bonds is 6. The molecule has 0 bridgehead atoms. The van der Waals surface area contributed by atoms with Crippen LogP contribution in [0.2, 0.25) is 5.02 Å². The lowest BCUT2D eigenvalue weighted by Crippen LogP contribution is -2.34. The number of nitrogens with one attached hydrogen (secondary N) is 2. The minimum Gasteiger partial charge on any atom is -0.474 e. The van der Waals surface area contributed by atoms with Gasteiger partial charge in [0.1, 0.15) is 17.9 Å². The van der Waals surface area contributed by atoms with Gasteiger partial charge in [0, 0.05) is 12.0 Å². The first-order valence-electron chi connectivity index (χ1n) is 12.7. The summed E-state index contributed by atoms with van der Waals surface area (Å²) in [4.78, 5) is 34.3. The van der Waals surface area contributed by atoms with Crippen LogP contribution in [0.1, 0.15) is 76.2 Å². The van der Waals surface area contributed by atoms with Gasteiger partial charge in [0.2, 0.25) is 11.8 Å². The topological polar surface area (TPSA) is 93.2 Å². The summed E-state index contributed by atoms with van der Waals surface area (Å²) in [7, 11) is 0. The fourth-order valence-corrected chi connectivity index (χ4v) is 4.60. The SMILES string of the molecule is CC1(C)CCC(Oc2ncnc3c(NC(=O)c4cc(CNC(=O)C(C)(C)C)ccc4Cl)cccc23)CC1. The van der Waals surface area contributed by atoms with Gasteiger partial charge >= 0.3 is 0 Å². The number of carbonyl (C=O) groups excluding carboxylic acids is 2. The highest BCUT2D eigenvalue weighted by Gasteiger charge is 2.28. The van der Waals surface area contributed by atoms with E-state index in [0.717, 1.165) is 36.6 Å². The molecule has 1 fully saturated rings. The molecule has 1 heterocycles. The summed E-state index contributed by atoms with van der Waals surface area (Å²) < 4.78 is 6.29. The molecule has 4 rings (SSSR count). The van der Waals surface area contributed by atoms with E-state index in [-0.39, 0.29) is 17.9 Å². The second-order valence-corrected chi connectivity index (χ2v) is 12.0. The summed E-state index contributed by atoms with van der Waals surface area (Å²) in [6, 6.07) is 10.7. The quantitative estimate of drug-likeness (QED) is 0.383. The van der Waals surface area contributed by atoms with E-state index >= 15 is 0 Å². The highest BCUT2D eigenvalue weighted by Crippen LogP contribution is 2.37. The second kappa shape index (κ2) is 10.7. The van der Waals surface area contributed by atoms with E-state index in [0.29, 0.717) is 39.6 Å². The predicted molar refractivity (Wildman–Crippen MR) is 147 cm³/mol. The molecule has 1 aliphatic carbocycles. The molecular weight excluding hydrogens is 488 g/mol. The Morgan fingerprint density at radius 1 is 1.11 bits per heavy atom. The van der Waals surface area contributed by atoms with Crippen molar-refractivity contribution in [3.8, 4) is 5.88 Å². The zero-order valence-corrected chi connectivity index (χ0v) is 22.9. The Morgan fingerprint density at radius 2 is 1.84 bits per heavy atom. The maximum atomic E-state index is 13.2. The van der Waals surface area contributed by atoms with Crippen molar-refractivity contribution in [2.45, 2.75) is 73.0 Å². The number of nitrogens with zero attached hydrogens (tertiary/aromatic N) is 2. The molecule has 2 aromatic carbocycles. The first-order valence-corrected chi connectivity index (χ1v) is 13.1. The molecule has 0 unspecified atom stereocenters. The maximum absolute atomic E-state index is 13.2. The van der Waals surface area contributed by atoms with Gasteiger partial charge in [-0.25, -0.2) is 9.97 Å². The fraction of sp³-hybridized carbons (Fsp3) is 0.448. The normalized spacial score (nSPS) is 15.8. The molecule has 0 aliphatic heterocycles. The van der Waals surface area contributed by atoms with E-state index in [9.17, 15) is 9.59 Å². The lowest BCUT2D eigenvalue weighted by Gasteiger charge is -2.34. The smallest absolute Gasteiger partial charge is 0.257 e. The van der Waals surface area contributed by atoms with Gasteiger partial charge in [0.15, 0.2) is 0 Å². The highest BCUT2D eigenvalue weighted by atomic mass is 35.5. The number of carbonyl (C=O) groups is 2. The Kier molecular flexibility index (Phi) is 7.74. The van der Waals surface area contributed by atoms with Crippen molar-refractivity contribution >= 4 is 40.0 Å². The molecule has 7 nitrogen and oxygen atoms in total. The van der Waals surface area contributed by atoms with Gasteiger partial charge in [0.25, 0.3) is 5.91 Å². The van der Waals surface area contributed by atoms with E-state index in [4.69, 9.17) is 16.3 Å². The number of ether oxygens (including phenoxy) is 1. The molecule has 1 aromatic heterocycles. The number of hydrogen-bond acceptors (Lipinski definition) is 5. The van der Waals surface area contributed by atoms with E-state index in [2.05, 4.69) is 34.4 Å². The standard InChI is InChI=1S/C29H35ClN4O3/c1-28(2,3)27(36)31-16-18-9-10-22(30)21(15-18)25(35)34-23-8-6-7-20-24(23)32-17-33-26(20)37-19-11-13-29(4,5)14-12-19/h6-10,15,17,19H,11-14,16H2,1-5H3,(H,31,36)(H,34,35). The van der Waals surface area contributed by atoms with Crippen LogP contribution in [0.15, 0.2) is 42.7 Å². The third kappa shape index (κ3) is 6.58. The number of hydrogen-bond donors (Lipinski definition) is 2. The molecule has 0 atom stereocenters. The molecular formula is C29H35ClN4O3. The summed E-state index contributed by atoms with van der Waals surface area (Å²) in [5, 5.41) is 6.91. The number of fused-ring (bicyclic) bond motifs is 1. The van der Waals surface area contributed by atoms with Crippen molar-refractivity contribution < 1.29 is 14.3 Å². The number of anilines is 1. The van der Waals surface area contributed by atoms with Gasteiger partial charge in [0.05, 0.1) is 21.7 Å². The molecule has 37 heavy (non-hydrogen) atoms. The average molecular weight is 523 g/mol. The first kappa shape index (κ1) is 26.9. The second-order valence-electron chi connectivity index (χ2n) is 11.6. The Bertz CT molecular complexity index is 1310. The van der Waals surface area contributed by atoms with Crippen LogP contribution in [0.5, 0.6) is 5.88 Å². The third-order valence-electron chi connectivity index (χ3n) is 6.85. The number of amides is 2. The summed E-state index contributed by atoms with van der Waals surface area (Å²) in [6.45, 7) is 10.4. The van der Waals surface area contributed by atoms with Gasteiger partial charge < -0.3 is 15.4 Å². The Morgan fingerprint density at radius 3 is 2.54 bits per heavy atom. The number of benzene rings is 2. The van der Waals surface area contributed by atoms with Crippen molar-refractivity contribution in [2.24, 2.45) is 10.8 Å². The lowest BCUT2D eigenvalue weighted by atomic mass is 9.76. The Labute approximate surface area is 223 Å². The maximum Gasteiger partial charge on any atom is 0.257 e. The molecule has 2 N–H and O–H groups in total. The minimum absolute atomic E-state index is 0.0705. The van der Waals surface area contributed by atoms with Crippen LogP contribution in [0, 0.1) is 10.8 Å². The molecule has 1 aliphatic rings. The van der Waals surface area contributed by atoms with Crippen LogP contribution in [0.3, 0.4) is 0 Å². The highest BCUT2D eigenvalue weighted by molar-refractivity contribution is 6.34. The molecule has 0 radical (unpaired) electrons. The summed E-state index contributed by atoms with van der Waals surface area (Å²) in [5.74, 6) is 0.0939. The van der Waals surface area contributed by atoms with Gasteiger partial charge in [-0.05, 0) is 60.9 Å². The Balaban J connectivity index is 1.52. The number of halogens is 1. The van der Waals surface area contributed by atoms with Crippen LogP contribution >= 0.6 is 11.6 Å². The average Bonchev–Trinajstić information content (AvgIpc) is 2.84. The van der Waals surface area contributed by atoms with Gasteiger partial charge in [-0.1, -0.05) is 58.4 Å². The van der Waals surface area contributed by atoms with Gasteiger partial charge in [-0.15, -0.1) is 0 Å². The van der Waals surface area contributed by atoms with E-state index in [1.165, 1.54) is 6.33 Å².